The first-order valence-corrected chi connectivity index (χ1v) is 6.67. The van der Waals surface area contributed by atoms with Gasteiger partial charge in [0.2, 0.25) is 0 Å². The van der Waals surface area contributed by atoms with E-state index in [9.17, 15) is 0 Å². The van der Waals surface area contributed by atoms with Crippen LogP contribution in [0.25, 0.3) is 0 Å². The summed E-state index contributed by atoms with van der Waals surface area (Å²) in [7, 11) is 2.03. The lowest BCUT2D eigenvalue weighted by molar-refractivity contribution is 0.659. The Labute approximate surface area is 116 Å². The van der Waals surface area contributed by atoms with Gasteiger partial charge in [-0.2, -0.15) is 5.10 Å². The van der Waals surface area contributed by atoms with Crippen molar-refractivity contribution in [3.05, 3.63) is 40.6 Å². The second-order valence-electron chi connectivity index (χ2n) is 4.26. The van der Waals surface area contributed by atoms with Gasteiger partial charge in [0.05, 0.1) is 17.6 Å². The molecule has 4 nitrogen and oxygen atoms in total. The molecule has 1 aromatic carbocycles. The summed E-state index contributed by atoms with van der Waals surface area (Å²) >= 11 is 3.41. The molecule has 0 aliphatic carbocycles. The Kier molecular flexibility index (Phi) is 3.91. The summed E-state index contributed by atoms with van der Waals surface area (Å²) < 4.78 is 2.92. The number of hydrogen-bond donors (Lipinski definition) is 1. The molecule has 0 fully saturated rings. The Morgan fingerprint density at radius 2 is 2.22 bits per heavy atom. The van der Waals surface area contributed by atoms with E-state index in [2.05, 4.69) is 39.0 Å². The van der Waals surface area contributed by atoms with Crippen molar-refractivity contribution < 1.29 is 0 Å². The average molecular weight is 309 g/mol. The molecule has 0 saturated heterocycles. The molecule has 2 rings (SSSR count). The van der Waals surface area contributed by atoms with Crippen LogP contribution in [0.15, 0.2) is 35.1 Å². The minimum Gasteiger partial charge on any atom is -0.397 e. The first-order chi connectivity index (χ1) is 8.60. The number of aromatic nitrogens is 2. The molecule has 2 N–H and O–H groups in total. The number of nitrogens with two attached hydrogens (primary N) is 1. The fourth-order valence-electron chi connectivity index (χ4n) is 1.89. The predicted molar refractivity (Wildman–Crippen MR) is 78.6 cm³/mol. The van der Waals surface area contributed by atoms with Crippen LogP contribution in [0.3, 0.4) is 0 Å². The minimum atomic E-state index is 0.773. The van der Waals surface area contributed by atoms with Gasteiger partial charge in [0, 0.05) is 36.4 Å². The molecule has 0 bridgehead atoms. The zero-order chi connectivity index (χ0) is 13.1. The Hall–Kier alpha value is -1.49. The molecule has 96 valence electrons. The summed E-state index contributed by atoms with van der Waals surface area (Å²) in [6.45, 7) is 3.77. The van der Waals surface area contributed by atoms with Crippen LogP contribution in [0.4, 0.5) is 11.4 Å². The van der Waals surface area contributed by atoms with Crippen molar-refractivity contribution in [1.82, 2.24) is 9.78 Å². The van der Waals surface area contributed by atoms with Crippen LogP contribution in [0.1, 0.15) is 12.5 Å². The van der Waals surface area contributed by atoms with Gasteiger partial charge in [0.15, 0.2) is 0 Å². The maximum atomic E-state index is 6.01. The molecule has 5 heteroatoms. The van der Waals surface area contributed by atoms with Crippen molar-refractivity contribution in [3.63, 3.8) is 0 Å². The van der Waals surface area contributed by atoms with Crippen LogP contribution >= 0.6 is 15.9 Å². The summed E-state index contributed by atoms with van der Waals surface area (Å²) in [5.41, 5.74) is 9.00. The van der Waals surface area contributed by atoms with Gasteiger partial charge in [-0.05, 0) is 25.1 Å². The lowest BCUT2D eigenvalue weighted by Gasteiger charge is -2.20. The first kappa shape index (κ1) is 13.0. The summed E-state index contributed by atoms with van der Waals surface area (Å²) in [6, 6.07) is 5.93. The Balaban J connectivity index is 2.13. The third-order valence-electron chi connectivity index (χ3n) is 2.83. The van der Waals surface area contributed by atoms with Crippen LogP contribution in [0.5, 0.6) is 0 Å². The van der Waals surface area contributed by atoms with Crippen molar-refractivity contribution in [2.24, 2.45) is 0 Å². The van der Waals surface area contributed by atoms with Crippen molar-refractivity contribution in [2.75, 3.05) is 17.7 Å². The molecule has 0 spiro atoms. The van der Waals surface area contributed by atoms with Crippen molar-refractivity contribution >= 4 is 27.3 Å². The second-order valence-corrected chi connectivity index (χ2v) is 5.18. The third kappa shape index (κ3) is 2.85. The quantitative estimate of drug-likeness (QED) is 0.884. The highest BCUT2D eigenvalue weighted by Crippen LogP contribution is 2.26. The Bertz CT molecular complexity index is 536. The number of aryl methyl sites for hydroxylation is 1. The molecule has 1 heterocycles. The van der Waals surface area contributed by atoms with Crippen LogP contribution in [0.2, 0.25) is 0 Å². The highest BCUT2D eigenvalue weighted by Gasteiger charge is 2.07. The van der Waals surface area contributed by atoms with Crippen molar-refractivity contribution in [2.45, 2.75) is 20.0 Å². The van der Waals surface area contributed by atoms with E-state index in [-0.39, 0.29) is 0 Å². The minimum absolute atomic E-state index is 0.773. The van der Waals surface area contributed by atoms with E-state index in [0.29, 0.717) is 0 Å². The van der Waals surface area contributed by atoms with E-state index in [1.807, 2.05) is 36.1 Å². The summed E-state index contributed by atoms with van der Waals surface area (Å²) in [5, 5.41) is 4.27. The standard InChI is InChI=1S/C13H17BrN4/c1-3-18-9-10(7-16-18)8-17(2)13-5-4-11(14)6-12(13)15/h4-7,9H,3,8,15H2,1-2H3. The molecule has 1 aromatic heterocycles. The van der Waals surface area contributed by atoms with Crippen molar-refractivity contribution in [1.29, 1.82) is 0 Å². The molecule has 2 aromatic rings. The topological polar surface area (TPSA) is 47.1 Å². The van der Waals surface area contributed by atoms with Crippen LogP contribution in [-0.2, 0) is 13.1 Å². The third-order valence-corrected chi connectivity index (χ3v) is 3.32. The fourth-order valence-corrected chi connectivity index (χ4v) is 2.27. The molecule has 18 heavy (non-hydrogen) atoms. The van der Waals surface area contributed by atoms with Crippen molar-refractivity contribution in [3.8, 4) is 0 Å². The maximum Gasteiger partial charge on any atom is 0.0601 e. The maximum absolute atomic E-state index is 6.01. The molecule has 0 aliphatic heterocycles. The van der Waals surface area contributed by atoms with Gasteiger partial charge in [-0.3, -0.25) is 4.68 Å². The lowest BCUT2D eigenvalue weighted by atomic mass is 10.2. The monoisotopic (exact) mass is 308 g/mol. The van der Waals surface area contributed by atoms with E-state index in [4.69, 9.17) is 5.73 Å². The zero-order valence-corrected chi connectivity index (χ0v) is 12.2. The van der Waals surface area contributed by atoms with Crippen LogP contribution in [-0.4, -0.2) is 16.8 Å². The number of rotatable bonds is 4. The molecular formula is C13H17BrN4. The Morgan fingerprint density at radius 1 is 1.44 bits per heavy atom. The van der Waals surface area contributed by atoms with E-state index >= 15 is 0 Å². The number of nitrogens with zero attached hydrogens (tertiary/aromatic N) is 3. The molecule has 0 amide bonds. The van der Waals surface area contributed by atoms with Gasteiger partial charge >= 0.3 is 0 Å². The zero-order valence-electron chi connectivity index (χ0n) is 10.6. The van der Waals surface area contributed by atoms with E-state index < -0.39 is 0 Å². The fraction of sp³-hybridized carbons (Fsp3) is 0.308. The number of nitrogen functional groups attached to an aromatic ring is 1. The smallest absolute Gasteiger partial charge is 0.0601 e. The molecule has 0 saturated carbocycles. The van der Waals surface area contributed by atoms with Gasteiger partial charge in [-0.15, -0.1) is 0 Å². The lowest BCUT2D eigenvalue weighted by Crippen LogP contribution is -2.17. The Morgan fingerprint density at radius 3 is 2.83 bits per heavy atom. The van der Waals surface area contributed by atoms with E-state index in [1.165, 1.54) is 5.56 Å². The highest BCUT2D eigenvalue weighted by molar-refractivity contribution is 9.10. The van der Waals surface area contributed by atoms with E-state index in [1.54, 1.807) is 0 Å². The number of benzene rings is 1. The number of hydrogen-bond acceptors (Lipinski definition) is 3. The predicted octanol–water partition coefficient (Wildman–Crippen LogP) is 2.88. The van der Waals surface area contributed by atoms with Crippen LogP contribution in [0, 0.1) is 0 Å². The summed E-state index contributed by atoms with van der Waals surface area (Å²) in [5.74, 6) is 0. The second kappa shape index (κ2) is 5.44. The average Bonchev–Trinajstić information content (AvgIpc) is 2.76. The number of halogens is 1. The molecule has 0 radical (unpaired) electrons. The summed E-state index contributed by atoms with van der Waals surface area (Å²) in [6.07, 6.45) is 3.96. The normalized spacial score (nSPS) is 10.6. The van der Waals surface area contributed by atoms with Gasteiger partial charge in [-0.25, -0.2) is 0 Å². The number of anilines is 2. The molecule has 0 unspecified atom stereocenters. The van der Waals surface area contributed by atoms with Gasteiger partial charge in [-0.1, -0.05) is 15.9 Å². The summed E-state index contributed by atoms with van der Waals surface area (Å²) in [4.78, 5) is 2.12. The van der Waals surface area contributed by atoms with Gasteiger partial charge in [0.1, 0.15) is 0 Å². The largest absolute Gasteiger partial charge is 0.397 e. The molecular weight excluding hydrogens is 292 g/mol. The molecule has 0 atom stereocenters. The SMILES string of the molecule is CCn1cc(CN(C)c2ccc(Br)cc2N)cn1. The molecule has 0 aliphatic rings. The first-order valence-electron chi connectivity index (χ1n) is 5.87. The van der Waals surface area contributed by atoms with Crippen LogP contribution < -0.4 is 10.6 Å². The van der Waals surface area contributed by atoms with E-state index in [0.717, 1.165) is 28.9 Å². The van der Waals surface area contributed by atoms with Gasteiger partial charge in [0.25, 0.3) is 0 Å². The van der Waals surface area contributed by atoms with Gasteiger partial charge < -0.3 is 10.6 Å². The highest BCUT2D eigenvalue weighted by atomic mass is 79.9.